The Kier molecular flexibility index (Phi) is 7.16. The molecule has 12 aromatic rings. The molecule has 3 aromatic heterocycles. The van der Waals surface area contributed by atoms with E-state index in [2.05, 4.69) is 138 Å². The number of rotatable bonds is 5. The van der Waals surface area contributed by atoms with Crippen LogP contribution in [0.5, 0.6) is 0 Å². The molecule has 270 valence electrons. The third-order valence-electron chi connectivity index (χ3n) is 11.4. The summed E-state index contributed by atoms with van der Waals surface area (Å²) >= 11 is 0. The Labute approximate surface area is 333 Å². The second-order valence-electron chi connectivity index (χ2n) is 14.8. The van der Waals surface area contributed by atoms with Crippen molar-refractivity contribution in [2.75, 3.05) is 0 Å². The van der Waals surface area contributed by atoms with E-state index >= 15 is 0 Å². The van der Waals surface area contributed by atoms with E-state index in [0.29, 0.717) is 17.5 Å². The zero-order chi connectivity index (χ0) is 38.2. The van der Waals surface area contributed by atoms with Gasteiger partial charge in [0.2, 0.25) is 0 Å². The molecule has 0 radical (unpaired) electrons. The first kappa shape index (κ1) is 32.4. The molecule has 0 aliphatic carbocycles. The van der Waals surface area contributed by atoms with Gasteiger partial charge in [-0.15, -0.1) is 0 Å². The fourth-order valence-corrected chi connectivity index (χ4v) is 8.75. The second-order valence-corrected chi connectivity index (χ2v) is 14.8. The molecule has 0 fully saturated rings. The third kappa shape index (κ3) is 5.07. The zero-order valence-corrected chi connectivity index (χ0v) is 31.2. The summed E-state index contributed by atoms with van der Waals surface area (Å²) in [5.74, 6) is 1.79. The minimum atomic E-state index is 0.588. The van der Waals surface area contributed by atoms with E-state index in [9.17, 15) is 0 Å². The predicted octanol–water partition coefficient (Wildman–Crippen LogP) is 13.8. The monoisotopic (exact) mass is 740 g/mol. The Bertz CT molecular complexity index is 3570. The predicted molar refractivity (Wildman–Crippen MR) is 238 cm³/mol. The summed E-state index contributed by atoms with van der Waals surface area (Å²) in [4.78, 5) is 15.7. The Hall–Kier alpha value is -7.89. The van der Waals surface area contributed by atoms with Crippen molar-refractivity contribution in [1.82, 2.24) is 19.5 Å². The highest BCUT2D eigenvalue weighted by molar-refractivity contribution is 6.21. The van der Waals surface area contributed by atoms with E-state index < -0.39 is 0 Å². The van der Waals surface area contributed by atoms with Crippen LogP contribution in [0.4, 0.5) is 0 Å². The fraction of sp³-hybridized carbons (Fsp3) is 0. The van der Waals surface area contributed by atoms with Crippen LogP contribution >= 0.6 is 0 Å². The van der Waals surface area contributed by atoms with Crippen LogP contribution < -0.4 is 0 Å². The van der Waals surface area contributed by atoms with Crippen LogP contribution in [-0.4, -0.2) is 19.5 Å². The first-order valence-electron chi connectivity index (χ1n) is 19.5. The van der Waals surface area contributed by atoms with E-state index in [1.165, 1.54) is 37.8 Å². The Balaban J connectivity index is 1.15. The standard InChI is InChI=1S/C53H32N4O/c1-3-14-33(15-4-1)44-32-38(57-46-31-37-20-8-7-19-36(37)30-45(46)40-28-26-34-16-9-10-21-39(34)50(40)57)27-29-41(44)52-54-51(35-17-5-2-6-18-35)55-53(56-52)43-23-13-25-48-49(43)42-22-11-12-24-47(42)58-48/h1-32H. The van der Waals surface area contributed by atoms with Gasteiger partial charge in [-0.05, 0) is 69.8 Å². The molecule has 0 saturated heterocycles. The molecule has 0 unspecified atom stereocenters. The number of fused-ring (bicyclic) bond motifs is 9. The lowest BCUT2D eigenvalue weighted by Gasteiger charge is -2.16. The van der Waals surface area contributed by atoms with E-state index in [-0.39, 0.29) is 0 Å². The van der Waals surface area contributed by atoms with Gasteiger partial charge in [0, 0.05) is 49.3 Å². The van der Waals surface area contributed by atoms with Crippen molar-refractivity contribution >= 4 is 65.3 Å². The van der Waals surface area contributed by atoms with Gasteiger partial charge in [-0.2, -0.15) is 0 Å². The maximum atomic E-state index is 6.31. The van der Waals surface area contributed by atoms with Gasteiger partial charge in [-0.3, -0.25) is 0 Å². The van der Waals surface area contributed by atoms with E-state index in [0.717, 1.165) is 61.0 Å². The van der Waals surface area contributed by atoms with Crippen molar-refractivity contribution in [2.45, 2.75) is 0 Å². The molecule has 9 aromatic carbocycles. The SMILES string of the molecule is c1ccc(-c2nc(-c3ccc(-n4c5cc6ccccc6cc5c5ccc6ccccc6c54)cc3-c3ccccc3)nc(-c3cccc4oc5ccccc5c34)n2)cc1. The van der Waals surface area contributed by atoms with Crippen molar-refractivity contribution in [3.63, 3.8) is 0 Å². The van der Waals surface area contributed by atoms with Crippen LogP contribution in [0.3, 0.4) is 0 Å². The molecule has 0 saturated carbocycles. The summed E-state index contributed by atoms with van der Waals surface area (Å²) in [6, 6.07) is 68.1. The molecular weight excluding hydrogens is 709 g/mol. The van der Waals surface area contributed by atoms with Crippen molar-refractivity contribution < 1.29 is 4.42 Å². The average molecular weight is 741 g/mol. The molecule has 5 heteroatoms. The van der Waals surface area contributed by atoms with E-state index in [4.69, 9.17) is 19.4 Å². The molecule has 0 aliphatic rings. The van der Waals surface area contributed by atoms with E-state index in [1.807, 2.05) is 60.7 Å². The van der Waals surface area contributed by atoms with Gasteiger partial charge in [0.25, 0.3) is 0 Å². The number of aromatic nitrogens is 4. The molecule has 0 bridgehead atoms. The molecule has 12 rings (SSSR count). The topological polar surface area (TPSA) is 56.7 Å². The number of hydrogen-bond donors (Lipinski definition) is 0. The molecule has 3 heterocycles. The molecule has 5 nitrogen and oxygen atoms in total. The van der Waals surface area contributed by atoms with Crippen LogP contribution in [0.2, 0.25) is 0 Å². The van der Waals surface area contributed by atoms with Crippen LogP contribution in [-0.2, 0) is 0 Å². The van der Waals surface area contributed by atoms with Crippen LogP contribution in [0.25, 0.3) is 116 Å². The summed E-state index contributed by atoms with van der Waals surface area (Å²) in [5.41, 5.74) is 9.84. The molecule has 58 heavy (non-hydrogen) atoms. The lowest BCUT2D eigenvalue weighted by Crippen LogP contribution is -2.02. The molecule has 0 atom stereocenters. The van der Waals surface area contributed by atoms with Gasteiger partial charge in [0.05, 0.1) is 11.0 Å². The van der Waals surface area contributed by atoms with Gasteiger partial charge in [0.15, 0.2) is 17.5 Å². The largest absolute Gasteiger partial charge is 0.456 e. The van der Waals surface area contributed by atoms with E-state index in [1.54, 1.807) is 0 Å². The first-order valence-corrected chi connectivity index (χ1v) is 19.5. The Morgan fingerprint density at radius 1 is 0.362 bits per heavy atom. The Morgan fingerprint density at radius 2 is 1.00 bits per heavy atom. The maximum Gasteiger partial charge on any atom is 0.164 e. The quantitative estimate of drug-likeness (QED) is 0.176. The number of benzene rings is 9. The number of para-hydroxylation sites is 1. The van der Waals surface area contributed by atoms with Crippen LogP contribution in [0.1, 0.15) is 0 Å². The van der Waals surface area contributed by atoms with Gasteiger partial charge in [0.1, 0.15) is 11.2 Å². The molecule has 0 N–H and O–H groups in total. The lowest BCUT2D eigenvalue weighted by molar-refractivity contribution is 0.669. The van der Waals surface area contributed by atoms with Crippen LogP contribution in [0.15, 0.2) is 199 Å². The highest BCUT2D eigenvalue weighted by Crippen LogP contribution is 2.42. The number of nitrogens with zero attached hydrogens (tertiary/aromatic N) is 4. The smallest absolute Gasteiger partial charge is 0.164 e. The first-order chi connectivity index (χ1) is 28.7. The van der Waals surface area contributed by atoms with Crippen molar-refractivity contribution in [1.29, 1.82) is 0 Å². The van der Waals surface area contributed by atoms with Gasteiger partial charge in [-0.1, -0.05) is 152 Å². The van der Waals surface area contributed by atoms with Gasteiger partial charge >= 0.3 is 0 Å². The minimum absolute atomic E-state index is 0.588. The average Bonchev–Trinajstić information content (AvgIpc) is 3.84. The van der Waals surface area contributed by atoms with Crippen molar-refractivity contribution in [3.05, 3.63) is 194 Å². The van der Waals surface area contributed by atoms with Gasteiger partial charge in [-0.25, -0.2) is 15.0 Å². The third-order valence-corrected chi connectivity index (χ3v) is 11.4. The maximum absolute atomic E-state index is 6.31. The summed E-state index contributed by atoms with van der Waals surface area (Å²) < 4.78 is 8.75. The second kappa shape index (κ2) is 12.8. The highest BCUT2D eigenvalue weighted by atomic mass is 16.3. The van der Waals surface area contributed by atoms with Crippen molar-refractivity contribution in [2.24, 2.45) is 0 Å². The molecule has 0 amide bonds. The summed E-state index contributed by atoms with van der Waals surface area (Å²) in [6.07, 6.45) is 0. The number of furan rings is 1. The summed E-state index contributed by atoms with van der Waals surface area (Å²) in [7, 11) is 0. The highest BCUT2D eigenvalue weighted by Gasteiger charge is 2.22. The minimum Gasteiger partial charge on any atom is -0.456 e. The van der Waals surface area contributed by atoms with Gasteiger partial charge < -0.3 is 8.98 Å². The Morgan fingerprint density at radius 3 is 1.81 bits per heavy atom. The van der Waals surface area contributed by atoms with Crippen LogP contribution in [0, 0.1) is 0 Å². The number of hydrogen-bond acceptors (Lipinski definition) is 4. The summed E-state index contributed by atoms with van der Waals surface area (Å²) in [6.45, 7) is 0. The molecule has 0 aliphatic heterocycles. The van der Waals surface area contributed by atoms with Crippen molar-refractivity contribution in [3.8, 4) is 51.0 Å². The lowest BCUT2D eigenvalue weighted by atomic mass is 9.97. The normalized spacial score (nSPS) is 11.8. The summed E-state index contributed by atoms with van der Waals surface area (Å²) in [5, 5.41) is 9.30. The molecule has 0 spiro atoms. The molecular formula is C53H32N4O. The fourth-order valence-electron chi connectivity index (χ4n) is 8.75. The zero-order valence-electron chi connectivity index (χ0n) is 31.2.